The van der Waals surface area contributed by atoms with Gasteiger partial charge in [-0.1, -0.05) is 30.3 Å². The molecule has 0 radical (unpaired) electrons. The first-order chi connectivity index (χ1) is 10.9. The van der Waals surface area contributed by atoms with Crippen LogP contribution in [0.3, 0.4) is 0 Å². The van der Waals surface area contributed by atoms with Crippen LogP contribution >= 0.6 is 0 Å². The molecule has 23 heavy (non-hydrogen) atoms. The quantitative estimate of drug-likeness (QED) is 0.290. The monoisotopic (exact) mass is 317 g/mol. The van der Waals surface area contributed by atoms with Gasteiger partial charge in [0.2, 0.25) is 11.5 Å². The Morgan fingerprint density at radius 2 is 1.78 bits per heavy atom. The number of hydrogen-bond acceptors (Lipinski definition) is 7. The molecule has 0 saturated heterocycles. The molecular formula is C15H11NO7. The number of phenolic OH excluding ortho intramolecular Hbond substituents is 2. The Labute approximate surface area is 129 Å². The van der Waals surface area contributed by atoms with Crippen LogP contribution in [-0.2, 0) is 4.74 Å². The number of benzene rings is 2. The van der Waals surface area contributed by atoms with E-state index in [1.807, 2.05) is 0 Å². The molecule has 0 bridgehead atoms. The minimum absolute atomic E-state index is 0.0749. The van der Waals surface area contributed by atoms with Crippen LogP contribution in [0.25, 0.3) is 0 Å². The zero-order valence-electron chi connectivity index (χ0n) is 11.8. The second-order valence-corrected chi connectivity index (χ2v) is 4.46. The van der Waals surface area contributed by atoms with Crippen LogP contribution in [-0.4, -0.2) is 34.0 Å². The average molecular weight is 317 g/mol. The van der Waals surface area contributed by atoms with E-state index in [2.05, 4.69) is 4.74 Å². The predicted molar refractivity (Wildman–Crippen MR) is 77.6 cm³/mol. The number of carbonyl (C=O) groups is 2. The second-order valence-electron chi connectivity index (χ2n) is 4.46. The fraction of sp³-hybridized carbons (Fsp3) is 0.0667. The summed E-state index contributed by atoms with van der Waals surface area (Å²) in [5.41, 5.74) is -2.14. The van der Waals surface area contributed by atoms with Gasteiger partial charge in [-0.25, -0.2) is 4.79 Å². The Kier molecular flexibility index (Phi) is 4.26. The number of esters is 1. The molecule has 0 aliphatic rings. The molecule has 0 atom stereocenters. The highest BCUT2D eigenvalue weighted by atomic mass is 16.6. The van der Waals surface area contributed by atoms with Gasteiger partial charge in [0.1, 0.15) is 5.56 Å². The zero-order valence-corrected chi connectivity index (χ0v) is 11.8. The topological polar surface area (TPSA) is 127 Å². The van der Waals surface area contributed by atoms with E-state index in [0.29, 0.717) is 0 Å². The zero-order chi connectivity index (χ0) is 17.1. The lowest BCUT2D eigenvalue weighted by Crippen LogP contribution is -2.14. The predicted octanol–water partition coefficient (Wildman–Crippen LogP) is 2.02. The van der Waals surface area contributed by atoms with Gasteiger partial charge in [0, 0.05) is 5.56 Å². The molecule has 0 aliphatic heterocycles. The lowest BCUT2D eigenvalue weighted by molar-refractivity contribution is -0.386. The lowest BCUT2D eigenvalue weighted by atomic mass is 9.95. The van der Waals surface area contributed by atoms with E-state index >= 15 is 0 Å². The fourth-order valence-corrected chi connectivity index (χ4v) is 2.06. The minimum Gasteiger partial charge on any atom is -0.504 e. The van der Waals surface area contributed by atoms with E-state index < -0.39 is 45.0 Å². The average Bonchev–Trinajstić information content (AvgIpc) is 2.55. The van der Waals surface area contributed by atoms with E-state index in [-0.39, 0.29) is 5.56 Å². The summed E-state index contributed by atoms with van der Waals surface area (Å²) in [6, 6.07) is 8.27. The van der Waals surface area contributed by atoms with E-state index in [1.165, 1.54) is 24.3 Å². The van der Waals surface area contributed by atoms with Crippen LogP contribution in [0.15, 0.2) is 36.4 Å². The summed E-state index contributed by atoms with van der Waals surface area (Å²) < 4.78 is 4.49. The molecule has 0 spiro atoms. The summed E-state index contributed by atoms with van der Waals surface area (Å²) >= 11 is 0. The highest BCUT2D eigenvalue weighted by molar-refractivity contribution is 6.17. The number of nitro benzene ring substituents is 1. The number of methoxy groups -OCH3 is 1. The first-order valence-corrected chi connectivity index (χ1v) is 6.29. The fourth-order valence-electron chi connectivity index (χ4n) is 2.06. The Hall–Kier alpha value is -3.42. The van der Waals surface area contributed by atoms with Crippen LogP contribution < -0.4 is 0 Å². The molecular weight excluding hydrogens is 306 g/mol. The van der Waals surface area contributed by atoms with E-state index in [1.54, 1.807) is 6.07 Å². The third-order valence-corrected chi connectivity index (χ3v) is 3.11. The summed E-state index contributed by atoms with van der Waals surface area (Å²) in [7, 11) is 1.02. The Morgan fingerprint density at radius 3 is 2.30 bits per heavy atom. The number of aromatic hydroxyl groups is 2. The van der Waals surface area contributed by atoms with Crippen LogP contribution in [0.2, 0.25) is 0 Å². The molecule has 0 amide bonds. The SMILES string of the molecule is COC(=O)c1cc(O)c(O)c([N+](=O)[O-])c1C(=O)c1ccccc1. The minimum atomic E-state index is -1.10. The number of ketones is 1. The molecule has 8 nitrogen and oxygen atoms in total. The molecule has 2 rings (SSSR count). The maximum Gasteiger partial charge on any atom is 0.339 e. The van der Waals surface area contributed by atoms with Crippen LogP contribution in [0.5, 0.6) is 11.5 Å². The molecule has 0 fully saturated rings. The van der Waals surface area contributed by atoms with Gasteiger partial charge in [0.05, 0.1) is 17.6 Å². The van der Waals surface area contributed by atoms with Crippen LogP contribution in [0, 0.1) is 10.1 Å². The summed E-state index contributed by atoms with van der Waals surface area (Å²) in [5.74, 6) is -3.90. The van der Waals surface area contributed by atoms with Crippen molar-refractivity contribution in [3.8, 4) is 11.5 Å². The smallest absolute Gasteiger partial charge is 0.339 e. The Balaban J connectivity index is 2.83. The largest absolute Gasteiger partial charge is 0.504 e. The van der Waals surface area contributed by atoms with Gasteiger partial charge in [0.15, 0.2) is 5.75 Å². The Morgan fingerprint density at radius 1 is 1.17 bits per heavy atom. The maximum atomic E-state index is 12.6. The number of nitrogens with zero attached hydrogens (tertiary/aromatic N) is 1. The molecule has 0 aromatic heterocycles. The summed E-state index contributed by atoms with van der Waals surface area (Å²) in [6.45, 7) is 0. The standard InChI is InChI=1S/C15H11NO7/c1-23-15(20)9-7-10(17)14(19)12(16(21)22)11(9)13(18)8-5-3-2-4-6-8/h2-7,17,19H,1H3. The van der Waals surface area contributed by atoms with Crippen molar-refractivity contribution in [1.29, 1.82) is 0 Å². The van der Waals surface area contributed by atoms with Gasteiger partial charge >= 0.3 is 11.7 Å². The van der Waals surface area contributed by atoms with E-state index in [0.717, 1.165) is 13.2 Å². The maximum absolute atomic E-state index is 12.6. The molecule has 2 N–H and O–H groups in total. The molecule has 118 valence electrons. The number of ether oxygens (including phenoxy) is 1. The van der Waals surface area contributed by atoms with Gasteiger partial charge in [-0.3, -0.25) is 14.9 Å². The highest BCUT2D eigenvalue weighted by Crippen LogP contribution is 2.41. The van der Waals surface area contributed by atoms with Crippen LogP contribution in [0.4, 0.5) is 5.69 Å². The normalized spacial score (nSPS) is 10.1. The van der Waals surface area contributed by atoms with Crippen molar-refractivity contribution < 1.29 is 29.5 Å². The molecule has 8 heteroatoms. The molecule has 0 aliphatic carbocycles. The first kappa shape index (κ1) is 16.0. The number of hydrogen-bond donors (Lipinski definition) is 2. The second kappa shape index (κ2) is 6.14. The van der Waals surface area contributed by atoms with Crippen molar-refractivity contribution in [2.75, 3.05) is 7.11 Å². The van der Waals surface area contributed by atoms with Crippen molar-refractivity contribution in [3.63, 3.8) is 0 Å². The molecule has 0 heterocycles. The first-order valence-electron chi connectivity index (χ1n) is 6.29. The number of carbonyl (C=O) groups excluding carboxylic acids is 2. The van der Waals surface area contributed by atoms with Crippen molar-refractivity contribution in [2.24, 2.45) is 0 Å². The van der Waals surface area contributed by atoms with Crippen molar-refractivity contribution >= 4 is 17.4 Å². The molecule has 0 saturated carbocycles. The highest BCUT2D eigenvalue weighted by Gasteiger charge is 2.34. The van der Waals surface area contributed by atoms with E-state index in [9.17, 15) is 29.9 Å². The Bertz CT molecular complexity index is 799. The number of rotatable bonds is 4. The van der Waals surface area contributed by atoms with Gasteiger partial charge in [-0.2, -0.15) is 0 Å². The lowest BCUT2D eigenvalue weighted by Gasteiger charge is -2.10. The summed E-state index contributed by atoms with van der Waals surface area (Å²) in [6.07, 6.45) is 0. The summed E-state index contributed by atoms with van der Waals surface area (Å²) in [4.78, 5) is 34.6. The van der Waals surface area contributed by atoms with Gasteiger partial charge < -0.3 is 14.9 Å². The van der Waals surface area contributed by atoms with Crippen molar-refractivity contribution in [1.82, 2.24) is 0 Å². The van der Waals surface area contributed by atoms with E-state index in [4.69, 9.17) is 0 Å². The summed E-state index contributed by atoms with van der Waals surface area (Å²) in [5, 5.41) is 30.5. The van der Waals surface area contributed by atoms with Crippen molar-refractivity contribution in [2.45, 2.75) is 0 Å². The van der Waals surface area contributed by atoms with Gasteiger partial charge in [-0.15, -0.1) is 0 Å². The molecule has 0 unspecified atom stereocenters. The number of phenols is 2. The number of nitro groups is 1. The van der Waals surface area contributed by atoms with Crippen molar-refractivity contribution in [3.05, 3.63) is 63.2 Å². The third kappa shape index (κ3) is 2.82. The third-order valence-electron chi connectivity index (χ3n) is 3.11. The van der Waals surface area contributed by atoms with Gasteiger partial charge in [0.25, 0.3) is 0 Å². The van der Waals surface area contributed by atoms with Gasteiger partial charge in [-0.05, 0) is 6.07 Å². The molecule has 2 aromatic rings. The molecule has 2 aromatic carbocycles. The van der Waals surface area contributed by atoms with Crippen LogP contribution in [0.1, 0.15) is 26.3 Å².